The minimum Gasteiger partial charge on any atom is -0.481 e. The minimum absolute atomic E-state index is 0.0302. The minimum atomic E-state index is -0.955. The molecule has 1 aliphatic rings. The second-order valence-electron chi connectivity index (χ2n) is 8.43. The number of alkyl carbamates (subject to hydrolysis) is 1. The van der Waals surface area contributed by atoms with Gasteiger partial charge in [-0.15, -0.1) is 0 Å². The number of nitrogens with one attached hydrogen (secondary N) is 2. The summed E-state index contributed by atoms with van der Waals surface area (Å²) in [4.78, 5) is 35.9. The fourth-order valence-electron chi connectivity index (χ4n) is 4.40. The molecule has 33 heavy (non-hydrogen) atoms. The van der Waals surface area contributed by atoms with E-state index in [4.69, 9.17) is 9.84 Å². The average Bonchev–Trinajstić information content (AvgIpc) is 3.11. The van der Waals surface area contributed by atoms with E-state index in [-0.39, 0.29) is 37.3 Å². The van der Waals surface area contributed by atoms with E-state index >= 15 is 0 Å². The van der Waals surface area contributed by atoms with Gasteiger partial charge in [-0.25, -0.2) is 4.79 Å². The Labute approximate surface area is 194 Å². The van der Waals surface area contributed by atoms with Crippen molar-refractivity contribution in [1.82, 2.24) is 10.6 Å². The van der Waals surface area contributed by atoms with Crippen molar-refractivity contribution in [3.63, 3.8) is 0 Å². The summed E-state index contributed by atoms with van der Waals surface area (Å²) in [6.45, 7) is 4.01. The summed E-state index contributed by atoms with van der Waals surface area (Å²) < 4.78 is 5.59. The lowest BCUT2D eigenvalue weighted by atomic mass is 9.98. The molecular formula is C26H32N2O5. The molecule has 0 bridgehead atoms. The van der Waals surface area contributed by atoms with E-state index in [1.807, 2.05) is 38.1 Å². The van der Waals surface area contributed by atoms with Gasteiger partial charge in [-0.2, -0.15) is 0 Å². The van der Waals surface area contributed by atoms with E-state index in [1.54, 1.807) is 0 Å². The van der Waals surface area contributed by atoms with Gasteiger partial charge in [-0.3, -0.25) is 9.59 Å². The van der Waals surface area contributed by atoms with Gasteiger partial charge in [0.2, 0.25) is 5.91 Å². The molecule has 0 saturated heterocycles. The summed E-state index contributed by atoms with van der Waals surface area (Å²) in [6, 6.07) is 15.5. The van der Waals surface area contributed by atoms with Gasteiger partial charge in [0.15, 0.2) is 0 Å². The number of benzene rings is 2. The molecule has 2 aromatic rings. The highest BCUT2D eigenvalue weighted by Gasteiger charge is 2.29. The number of carbonyl (C=O) groups is 3. The van der Waals surface area contributed by atoms with Gasteiger partial charge in [0.1, 0.15) is 6.61 Å². The van der Waals surface area contributed by atoms with E-state index < -0.39 is 18.1 Å². The molecule has 0 aliphatic heterocycles. The zero-order chi connectivity index (χ0) is 23.8. The van der Waals surface area contributed by atoms with Gasteiger partial charge in [0.25, 0.3) is 0 Å². The van der Waals surface area contributed by atoms with Crippen LogP contribution in [0.2, 0.25) is 0 Å². The summed E-state index contributed by atoms with van der Waals surface area (Å²) in [7, 11) is 0. The van der Waals surface area contributed by atoms with Crippen molar-refractivity contribution in [2.45, 2.75) is 64.0 Å². The van der Waals surface area contributed by atoms with E-state index in [9.17, 15) is 14.4 Å². The van der Waals surface area contributed by atoms with Gasteiger partial charge in [-0.05, 0) is 35.1 Å². The lowest BCUT2D eigenvalue weighted by Crippen LogP contribution is -2.42. The number of fused-ring (bicyclic) bond motifs is 3. The molecule has 0 fully saturated rings. The third-order valence-corrected chi connectivity index (χ3v) is 6.01. The predicted octanol–water partition coefficient (Wildman–Crippen LogP) is 4.45. The van der Waals surface area contributed by atoms with Crippen LogP contribution in [0, 0.1) is 0 Å². The zero-order valence-electron chi connectivity index (χ0n) is 19.2. The first-order valence-electron chi connectivity index (χ1n) is 11.6. The lowest BCUT2D eigenvalue weighted by molar-refractivity contribution is -0.137. The first kappa shape index (κ1) is 24.3. The van der Waals surface area contributed by atoms with Crippen LogP contribution >= 0.6 is 0 Å². The molecule has 176 valence electrons. The number of aliphatic carboxylic acids is 1. The summed E-state index contributed by atoms with van der Waals surface area (Å²) in [5, 5.41) is 14.5. The van der Waals surface area contributed by atoms with Crippen LogP contribution < -0.4 is 10.6 Å². The molecule has 2 aromatic carbocycles. The summed E-state index contributed by atoms with van der Waals surface area (Å²) in [6.07, 6.45) is 1.33. The molecule has 2 atom stereocenters. The van der Waals surface area contributed by atoms with E-state index in [1.165, 1.54) is 0 Å². The van der Waals surface area contributed by atoms with Gasteiger partial charge in [0.05, 0.1) is 6.42 Å². The fraction of sp³-hybridized carbons (Fsp3) is 0.423. The maximum absolute atomic E-state index is 12.6. The van der Waals surface area contributed by atoms with E-state index in [2.05, 4.69) is 34.9 Å². The van der Waals surface area contributed by atoms with Crippen molar-refractivity contribution in [1.29, 1.82) is 0 Å². The molecule has 7 heteroatoms. The number of ether oxygens (including phenoxy) is 1. The van der Waals surface area contributed by atoms with Gasteiger partial charge < -0.3 is 20.5 Å². The Kier molecular flexibility index (Phi) is 8.46. The van der Waals surface area contributed by atoms with Crippen LogP contribution in [-0.2, 0) is 14.3 Å². The highest BCUT2D eigenvalue weighted by Crippen LogP contribution is 2.44. The van der Waals surface area contributed by atoms with Crippen LogP contribution in [0.15, 0.2) is 48.5 Å². The third-order valence-electron chi connectivity index (χ3n) is 6.01. The largest absolute Gasteiger partial charge is 0.481 e. The lowest BCUT2D eigenvalue weighted by Gasteiger charge is -2.21. The average molecular weight is 453 g/mol. The Hall–Kier alpha value is -3.35. The third kappa shape index (κ3) is 6.34. The van der Waals surface area contributed by atoms with Crippen molar-refractivity contribution in [2.24, 2.45) is 0 Å². The maximum Gasteiger partial charge on any atom is 0.407 e. The van der Waals surface area contributed by atoms with Gasteiger partial charge in [-0.1, -0.05) is 68.8 Å². The Morgan fingerprint density at radius 1 is 0.909 bits per heavy atom. The fourth-order valence-corrected chi connectivity index (χ4v) is 4.40. The summed E-state index contributed by atoms with van der Waals surface area (Å²) >= 11 is 0. The SMILES string of the molecule is CCCC(CC(=O)N[C@@H](CC)CC(=O)O)NC(=O)OCC1c2ccccc2-c2ccccc21. The second kappa shape index (κ2) is 11.5. The smallest absolute Gasteiger partial charge is 0.407 e. The number of rotatable bonds is 11. The van der Waals surface area contributed by atoms with Gasteiger partial charge >= 0.3 is 12.1 Å². The van der Waals surface area contributed by atoms with E-state index in [0.29, 0.717) is 12.8 Å². The van der Waals surface area contributed by atoms with Crippen LogP contribution in [0.1, 0.15) is 63.0 Å². The highest BCUT2D eigenvalue weighted by molar-refractivity contribution is 5.80. The zero-order valence-corrected chi connectivity index (χ0v) is 19.2. The monoisotopic (exact) mass is 452 g/mol. The van der Waals surface area contributed by atoms with Crippen molar-refractivity contribution in [2.75, 3.05) is 6.61 Å². The number of carbonyl (C=O) groups excluding carboxylic acids is 2. The van der Waals surface area contributed by atoms with Crippen LogP contribution in [-0.4, -0.2) is 41.8 Å². The van der Waals surface area contributed by atoms with Crippen molar-refractivity contribution < 1.29 is 24.2 Å². The Morgan fingerprint density at radius 2 is 1.52 bits per heavy atom. The molecule has 0 spiro atoms. The van der Waals surface area contributed by atoms with Crippen molar-refractivity contribution >= 4 is 18.0 Å². The van der Waals surface area contributed by atoms with E-state index in [0.717, 1.165) is 28.7 Å². The number of carboxylic acid groups (broad SMARTS) is 1. The quantitative estimate of drug-likeness (QED) is 0.467. The van der Waals surface area contributed by atoms with Crippen molar-refractivity contribution in [3.8, 4) is 11.1 Å². The maximum atomic E-state index is 12.6. The van der Waals surface area contributed by atoms with Gasteiger partial charge in [0, 0.05) is 24.4 Å². The normalized spacial score (nSPS) is 14.0. The topological polar surface area (TPSA) is 105 Å². The summed E-state index contributed by atoms with van der Waals surface area (Å²) in [5.74, 6) is -1.26. The molecule has 1 aliphatic carbocycles. The summed E-state index contributed by atoms with van der Waals surface area (Å²) in [5.41, 5.74) is 4.60. The Morgan fingerprint density at radius 3 is 2.06 bits per heavy atom. The van der Waals surface area contributed by atoms with Crippen LogP contribution in [0.25, 0.3) is 11.1 Å². The number of hydrogen-bond donors (Lipinski definition) is 3. The standard InChI is InChI=1S/C26H32N2O5/c1-3-9-18(14-24(29)27-17(4-2)15-25(30)31)28-26(32)33-16-23-21-12-7-5-10-19(21)20-11-6-8-13-22(20)23/h5-8,10-13,17-18,23H,3-4,9,14-16H2,1-2H3,(H,27,29)(H,28,32)(H,30,31)/t17-,18?/m0/s1. The second-order valence-corrected chi connectivity index (χ2v) is 8.43. The van der Waals surface area contributed by atoms with Crippen LogP contribution in [0.3, 0.4) is 0 Å². The molecule has 0 aromatic heterocycles. The molecule has 0 radical (unpaired) electrons. The number of amides is 2. The highest BCUT2D eigenvalue weighted by atomic mass is 16.5. The van der Waals surface area contributed by atoms with Crippen molar-refractivity contribution in [3.05, 3.63) is 59.7 Å². The molecule has 0 saturated carbocycles. The van der Waals surface area contributed by atoms with Crippen LogP contribution in [0.4, 0.5) is 4.79 Å². The molecule has 3 N–H and O–H groups in total. The molecule has 3 rings (SSSR count). The first-order valence-corrected chi connectivity index (χ1v) is 11.6. The predicted molar refractivity (Wildman–Crippen MR) is 126 cm³/mol. The molecule has 0 heterocycles. The first-order chi connectivity index (χ1) is 15.9. The number of hydrogen-bond acceptors (Lipinski definition) is 4. The number of carboxylic acids is 1. The Balaban J connectivity index is 1.57. The van der Waals surface area contributed by atoms with Crippen LogP contribution in [0.5, 0.6) is 0 Å². The molecular weight excluding hydrogens is 420 g/mol. The molecule has 7 nitrogen and oxygen atoms in total. The Bertz CT molecular complexity index is 945. The molecule has 1 unspecified atom stereocenters. The molecule has 2 amide bonds.